The molecule has 130 valence electrons. The highest BCUT2D eigenvalue weighted by Gasteiger charge is 2.24. The number of fused-ring (bicyclic) bond motifs is 2. The van der Waals surface area contributed by atoms with Crippen molar-refractivity contribution in [1.82, 2.24) is 19.5 Å². The summed E-state index contributed by atoms with van der Waals surface area (Å²) in [5, 5.41) is 0. The fraction of sp³-hybridized carbons (Fsp3) is 0.318. The first kappa shape index (κ1) is 15.5. The first-order chi connectivity index (χ1) is 12.8. The van der Waals surface area contributed by atoms with E-state index in [9.17, 15) is 0 Å². The summed E-state index contributed by atoms with van der Waals surface area (Å²) < 4.78 is 2.37. The van der Waals surface area contributed by atoms with Crippen LogP contribution in [0.25, 0.3) is 33.7 Å². The SMILES string of the molecule is Cc1ccccc1-c1nc2nc3ccccc3nc2n1C1CCCCC1. The molecule has 2 aromatic heterocycles. The van der Waals surface area contributed by atoms with E-state index in [1.807, 2.05) is 24.3 Å². The molecular weight excluding hydrogens is 320 g/mol. The van der Waals surface area contributed by atoms with Crippen LogP contribution in [0.2, 0.25) is 0 Å². The van der Waals surface area contributed by atoms with E-state index in [1.165, 1.54) is 43.2 Å². The molecule has 0 N–H and O–H groups in total. The minimum atomic E-state index is 0.457. The summed E-state index contributed by atoms with van der Waals surface area (Å²) in [6, 6.07) is 17.0. The van der Waals surface area contributed by atoms with Crippen molar-refractivity contribution in [3.05, 3.63) is 54.1 Å². The summed E-state index contributed by atoms with van der Waals surface area (Å²) in [4.78, 5) is 14.7. The number of para-hydroxylation sites is 2. The highest BCUT2D eigenvalue weighted by Crippen LogP contribution is 2.36. The average Bonchev–Trinajstić information content (AvgIpc) is 3.05. The Balaban J connectivity index is 1.82. The first-order valence-corrected chi connectivity index (χ1v) is 9.52. The van der Waals surface area contributed by atoms with Crippen LogP contribution in [-0.4, -0.2) is 19.5 Å². The van der Waals surface area contributed by atoms with Gasteiger partial charge in [0, 0.05) is 11.6 Å². The third-order valence-corrected chi connectivity index (χ3v) is 5.53. The molecule has 0 spiro atoms. The Morgan fingerprint density at radius 1 is 0.808 bits per heavy atom. The molecule has 1 saturated carbocycles. The van der Waals surface area contributed by atoms with Gasteiger partial charge in [0.05, 0.1) is 11.0 Å². The Morgan fingerprint density at radius 3 is 2.27 bits per heavy atom. The molecule has 4 aromatic rings. The summed E-state index contributed by atoms with van der Waals surface area (Å²) in [5.41, 5.74) is 5.95. The smallest absolute Gasteiger partial charge is 0.198 e. The number of nitrogens with zero attached hydrogens (tertiary/aromatic N) is 4. The van der Waals surface area contributed by atoms with E-state index in [2.05, 4.69) is 35.8 Å². The van der Waals surface area contributed by atoms with E-state index in [4.69, 9.17) is 15.0 Å². The van der Waals surface area contributed by atoms with E-state index >= 15 is 0 Å². The van der Waals surface area contributed by atoms with E-state index in [-0.39, 0.29) is 0 Å². The molecule has 26 heavy (non-hydrogen) atoms. The van der Waals surface area contributed by atoms with Crippen LogP contribution in [-0.2, 0) is 0 Å². The van der Waals surface area contributed by atoms with Gasteiger partial charge in [0.2, 0.25) is 0 Å². The zero-order valence-electron chi connectivity index (χ0n) is 15.0. The van der Waals surface area contributed by atoms with Gasteiger partial charge in [-0.2, -0.15) is 0 Å². The molecule has 5 rings (SSSR count). The topological polar surface area (TPSA) is 43.6 Å². The summed E-state index contributed by atoms with van der Waals surface area (Å²) in [5.74, 6) is 1.01. The van der Waals surface area contributed by atoms with Gasteiger partial charge in [0.15, 0.2) is 11.3 Å². The Labute approximate surface area is 152 Å². The van der Waals surface area contributed by atoms with Crippen LogP contribution in [0.4, 0.5) is 0 Å². The zero-order chi connectivity index (χ0) is 17.5. The van der Waals surface area contributed by atoms with Gasteiger partial charge >= 0.3 is 0 Å². The Bertz CT molecular complexity index is 1090. The lowest BCUT2D eigenvalue weighted by Gasteiger charge is -2.25. The van der Waals surface area contributed by atoms with Gasteiger partial charge in [0.25, 0.3) is 0 Å². The van der Waals surface area contributed by atoms with Crippen molar-refractivity contribution >= 4 is 22.3 Å². The number of hydrogen-bond acceptors (Lipinski definition) is 3. The molecule has 0 unspecified atom stereocenters. The van der Waals surface area contributed by atoms with E-state index < -0.39 is 0 Å². The Morgan fingerprint density at radius 2 is 1.50 bits per heavy atom. The van der Waals surface area contributed by atoms with Gasteiger partial charge in [-0.25, -0.2) is 15.0 Å². The number of imidazole rings is 1. The molecule has 0 aliphatic heterocycles. The van der Waals surface area contributed by atoms with Gasteiger partial charge < -0.3 is 4.57 Å². The molecule has 2 aromatic carbocycles. The number of aryl methyl sites for hydroxylation is 1. The van der Waals surface area contributed by atoms with Gasteiger partial charge in [-0.3, -0.25) is 0 Å². The van der Waals surface area contributed by atoms with Gasteiger partial charge in [-0.15, -0.1) is 0 Å². The fourth-order valence-electron chi connectivity index (χ4n) is 4.17. The number of benzene rings is 2. The Hall–Kier alpha value is -2.75. The second kappa shape index (κ2) is 6.20. The minimum absolute atomic E-state index is 0.457. The van der Waals surface area contributed by atoms with Gasteiger partial charge in [-0.05, 0) is 37.5 Å². The van der Waals surface area contributed by atoms with Crippen molar-refractivity contribution in [3.63, 3.8) is 0 Å². The summed E-state index contributed by atoms with van der Waals surface area (Å²) in [6.45, 7) is 2.15. The van der Waals surface area contributed by atoms with Crippen LogP contribution < -0.4 is 0 Å². The quantitative estimate of drug-likeness (QED) is 0.486. The number of aromatic nitrogens is 4. The van der Waals surface area contributed by atoms with Crippen molar-refractivity contribution in [1.29, 1.82) is 0 Å². The molecule has 0 atom stereocenters. The number of rotatable bonds is 2. The summed E-state index contributed by atoms with van der Waals surface area (Å²) in [7, 11) is 0. The van der Waals surface area contributed by atoms with Crippen molar-refractivity contribution < 1.29 is 0 Å². The van der Waals surface area contributed by atoms with Crippen LogP contribution in [0.3, 0.4) is 0 Å². The van der Waals surface area contributed by atoms with Gasteiger partial charge in [0.1, 0.15) is 5.82 Å². The van der Waals surface area contributed by atoms with Crippen LogP contribution in [0.1, 0.15) is 43.7 Å². The van der Waals surface area contributed by atoms with Gasteiger partial charge in [-0.1, -0.05) is 55.7 Å². The normalized spacial score (nSPS) is 15.7. The van der Waals surface area contributed by atoms with Crippen molar-refractivity contribution in [2.24, 2.45) is 0 Å². The molecule has 1 aliphatic rings. The van der Waals surface area contributed by atoms with E-state index in [1.54, 1.807) is 0 Å². The standard InChI is InChI=1S/C22H22N4/c1-15-9-5-6-12-17(15)21-25-20-22(26(21)16-10-3-2-4-11-16)24-19-14-8-7-13-18(19)23-20/h5-9,12-14,16H,2-4,10-11H2,1H3. The summed E-state index contributed by atoms with van der Waals surface area (Å²) >= 11 is 0. The molecule has 4 nitrogen and oxygen atoms in total. The molecular formula is C22H22N4. The predicted octanol–water partition coefficient (Wildman–Crippen LogP) is 5.46. The van der Waals surface area contributed by atoms with Crippen LogP contribution in [0, 0.1) is 6.92 Å². The minimum Gasteiger partial charge on any atom is -0.304 e. The highest BCUT2D eigenvalue weighted by molar-refractivity contribution is 5.85. The first-order valence-electron chi connectivity index (χ1n) is 9.52. The largest absolute Gasteiger partial charge is 0.304 e. The number of hydrogen-bond donors (Lipinski definition) is 0. The molecule has 0 amide bonds. The molecule has 0 bridgehead atoms. The monoisotopic (exact) mass is 342 g/mol. The molecule has 4 heteroatoms. The molecule has 1 fully saturated rings. The zero-order valence-corrected chi connectivity index (χ0v) is 15.0. The Kier molecular flexibility index (Phi) is 3.70. The molecule has 0 saturated heterocycles. The molecule has 1 aliphatic carbocycles. The second-order valence-electron chi connectivity index (χ2n) is 7.27. The van der Waals surface area contributed by atoms with E-state index in [0.717, 1.165) is 28.2 Å². The lowest BCUT2D eigenvalue weighted by Crippen LogP contribution is -2.14. The van der Waals surface area contributed by atoms with Crippen molar-refractivity contribution in [2.75, 3.05) is 0 Å². The maximum Gasteiger partial charge on any atom is 0.198 e. The second-order valence-corrected chi connectivity index (χ2v) is 7.27. The van der Waals surface area contributed by atoms with Crippen LogP contribution in [0.5, 0.6) is 0 Å². The molecule has 0 radical (unpaired) electrons. The average molecular weight is 342 g/mol. The molecule has 2 heterocycles. The third-order valence-electron chi connectivity index (χ3n) is 5.53. The fourth-order valence-corrected chi connectivity index (χ4v) is 4.17. The highest BCUT2D eigenvalue weighted by atomic mass is 15.2. The maximum atomic E-state index is 4.97. The summed E-state index contributed by atoms with van der Waals surface area (Å²) in [6.07, 6.45) is 6.27. The van der Waals surface area contributed by atoms with E-state index in [0.29, 0.717) is 6.04 Å². The predicted molar refractivity (Wildman–Crippen MR) is 105 cm³/mol. The third kappa shape index (κ3) is 2.48. The van der Waals surface area contributed by atoms with Crippen molar-refractivity contribution in [3.8, 4) is 11.4 Å². The maximum absolute atomic E-state index is 4.97. The lowest BCUT2D eigenvalue weighted by atomic mass is 9.95. The lowest BCUT2D eigenvalue weighted by molar-refractivity contribution is 0.361. The van der Waals surface area contributed by atoms with Crippen molar-refractivity contribution in [2.45, 2.75) is 45.1 Å². The van der Waals surface area contributed by atoms with Crippen LogP contribution in [0.15, 0.2) is 48.5 Å². The van der Waals surface area contributed by atoms with Crippen LogP contribution >= 0.6 is 0 Å².